The Balaban J connectivity index is 1.68. The number of carbonyl (C=O) groups excluding carboxylic acids is 1. The molecule has 120 valence electrons. The average molecular weight is 296 g/mol. The van der Waals surface area contributed by atoms with Crippen molar-refractivity contribution in [3.05, 3.63) is 0 Å². The average Bonchev–Trinajstić information content (AvgIpc) is 2.91. The lowest BCUT2D eigenvalue weighted by Gasteiger charge is -2.27. The van der Waals surface area contributed by atoms with Crippen LogP contribution in [0.3, 0.4) is 0 Å². The maximum atomic E-state index is 11.9. The van der Waals surface area contributed by atoms with Crippen molar-refractivity contribution in [2.45, 2.75) is 70.3 Å². The molecule has 5 heteroatoms. The first-order valence-corrected chi connectivity index (χ1v) is 8.31. The molecule has 0 spiro atoms. The van der Waals surface area contributed by atoms with E-state index in [9.17, 15) is 14.7 Å². The largest absolute Gasteiger partial charge is 0.480 e. The second-order valence-corrected chi connectivity index (χ2v) is 6.89. The van der Waals surface area contributed by atoms with Crippen molar-refractivity contribution >= 4 is 12.0 Å². The Morgan fingerprint density at radius 1 is 1.14 bits per heavy atom. The maximum absolute atomic E-state index is 11.9. The van der Waals surface area contributed by atoms with E-state index < -0.39 is 11.5 Å². The molecule has 2 rings (SSSR count). The highest BCUT2D eigenvalue weighted by atomic mass is 16.4. The van der Waals surface area contributed by atoms with Crippen LogP contribution in [0, 0.1) is 11.8 Å². The van der Waals surface area contributed by atoms with Crippen LogP contribution in [0.4, 0.5) is 4.79 Å². The fraction of sp³-hybridized carbons (Fsp3) is 0.875. The van der Waals surface area contributed by atoms with Gasteiger partial charge in [0.15, 0.2) is 0 Å². The molecule has 0 aromatic heterocycles. The molecule has 0 bridgehead atoms. The van der Waals surface area contributed by atoms with Gasteiger partial charge in [0.1, 0.15) is 5.54 Å². The highest BCUT2D eigenvalue weighted by molar-refractivity contribution is 5.86. The Bertz CT molecular complexity index is 370. The molecular weight excluding hydrogens is 268 g/mol. The Kier molecular flexibility index (Phi) is 5.48. The molecule has 2 fully saturated rings. The van der Waals surface area contributed by atoms with E-state index in [-0.39, 0.29) is 6.03 Å². The zero-order valence-corrected chi connectivity index (χ0v) is 13.0. The quantitative estimate of drug-likeness (QED) is 0.730. The van der Waals surface area contributed by atoms with Crippen LogP contribution >= 0.6 is 0 Å². The molecular formula is C16H28N2O3. The summed E-state index contributed by atoms with van der Waals surface area (Å²) in [5.41, 5.74) is -1.04. The number of rotatable bonds is 5. The van der Waals surface area contributed by atoms with Crippen LogP contribution in [0.15, 0.2) is 0 Å². The third kappa shape index (κ3) is 4.35. The van der Waals surface area contributed by atoms with Crippen molar-refractivity contribution in [3.8, 4) is 0 Å². The van der Waals surface area contributed by atoms with Gasteiger partial charge in [-0.25, -0.2) is 9.59 Å². The van der Waals surface area contributed by atoms with Gasteiger partial charge in [-0.3, -0.25) is 0 Å². The lowest BCUT2D eigenvalue weighted by atomic mass is 9.81. The molecule has 2 aliphatic rings. The monoisotopic (exact) mass is 296 g/mol. The van der Waals surface area contributed by atoms with Gasteiger partial charge >= 0.3 is 12.0 Å². The zero-order valence-electron chi connectivity index (χ0n) is 13.0. The topological polar surface area (TPSA) is 78.4 Å². The van der Waals surface area contributed by atoms with Gasteiger partial charge in [0.25, 0.3) is 0 Å². The number of hydrogen-bond donors (Lipinski definition) is 3. The van der Waals surface area contributed by atoms with Gasteiger partial charge in [-0.15, -0.1) is 0 Å². The van der Waals surface area contributed by atoms with Crippen LogP contribution in [-0.2, 0) is 4.79 Å². The van der Waals surface area contributed by atoms with E-state index >= 15 is 0 Å². The number of carboxylic acid groups (broad SMARTS) is 1. The van der Waals surface area contributed by atoms with Gasteiger partial charge in [0, 0.05) is 6.54 Å². The minimum atomic E-state index is -1.04. The minimum absolute atomic E-state index is 0.330. The summed E-state index contributed by atoms with van der Waals surface area (Å²) in [4.78, 5) is 23.3. The van der Waals surface area contributed by atoms with E-state index in [2.05, 4.69) is 17.6 Å². The highest BCUT2D eigenvalue weighted by Gasteiger charge is 2.42. The SMILES string of the molecule is CC1CCC(CCNC(=O)NC2(C(=O)O)CCCC2)CC1. The Hall–Kier alpha value is -1.26. The van der Waals surface area contributed by atoms with Gasteiger partial charge in [-0.1, -0.05) is 45.4 Å². The Morgan fingerprint density at radius 2 is 1.76 bits per heavy atom. The van der Waals surface area contributed by atoms with Crippen molar-refractivity contribution in [1.82, 2.24) is 10.6 Å². The number of hydrogen-bond acceptors (Lipinski definition) is 2. The summed E-state index contributed by atoms with van der Waals surface area (Å²) in [5.74, 6) is 0.646. The van der Waals surface area contributed by atoms with Crippen LogP contribution in [0.5, 0.6) is 0 Å². The summed E-state index contributed by atoms with van der Waals surface area (Å²) in [6.45, 7) is 2.94. The summed E-state index contributed by atoms with van der Waals surface area (Å²) >= 11 is 0. The van der Waals surface area contributed by atoms with Gasteiger partial charge < -0.3 is 15.7 Å². The molecule has 5 nitrogen and oxygen atoms in total. The summed E-state index contributed by atoms with van der Waals surface area (Å²) in [6.07, 6.45) is 8.90. The molecule has 0 aromatic carbocycles. The molecule has 21 heavy (non-hydrogen) atoms. The number of urea groups is 1. The molecule has 0 saturated heterocycles. The van der Waals surface area contributed by atoms with Gasteiger partial charge in [0.05, 0.1) is 0 Å². The predicted molar refractivity (Wildman–Crippen MR) is 81.1 cm³/mol. The number of amides is 2. The molecule has 0 aliphatic heterocycles. The first-order chi connectivity index (χ1) is 10.0. The normalized spacial score (nSPS) is 28.0. The zero-order chi connectivity index (χ0) is 15.3. The van der Waals surface area contributed by atoms with Crippen molar-refractivity contribution in [2.75, 3.05) is 6.54 Å². The predicted octanol–water partition coefficient (Wildman–Crippen LogP) is 2.90. The standard InChI is InChI=1S/C16H28N2O3/c1-12-4-6-13(7-5-12)8-11-17-15(21)18-16(14(19)20)9-2-3-10-16/h12-13H,2-11H2,1H3,(H,19,20)(H2,17,18,21). The summed E-state index contributed by atoms with van der Waals surface area (Å²) in [7, 11) is 0. The van der Waals surface area contributed by atoms with Crippen molar-refractivity contribution in [1.29, 1.82) is 0 Å². The minimum Gasteiger partial charge on any atom is -0.480 e. The van der Waals surface area contributed by atoms with Crippen LogP contribution < -0.4 is 10.6 Å². The van der Waals surface area contributed by atoms with Gasteiger partial charge in [-0.2, -0.15) is 0 Å². The smallest absolute Gasteiger partial charge is 0.329 e. The van der Waals surface area contributed by atoms with Crippen LogP contribution in [0.25, 0.3) is 0 Å². The third-order valence-electron chi connectivity index (χ3n) is 5.19. The summed E-state index contributed by atoms with van der Waals surface area (Å²) in [6, 6.07) is -0.330. The van der Waals surface area contributed by atoms with E-state index in [1.165, 1.54) is 25.7 Å². The van der Waals surface area contributed by atoms with Crippen LogP contribution in [0.2, 0.25) is 0 Å². The number of aliphatic carboxylic acids is 1. The molecule has 0 heterocycles. The van der Waals surface area contributed by atoms with E-state index in [0.717, 1.165) is 25.2 Å². The van der Waals surface area contributed by atoms with E-state index in [1.807, 2.05) is 0 Å². The lowest BCUT2D eigenvalue weighted by molar-refractivity contribution is -0.144. The molecule has 0 aromatic rings. The maximum Gasteiger partial charge on any atom is 0.329 e. The second kappa shape index (κ2) is 7.14. The first-order valence-electron chi connectivity index (χ1n) is 8.31. The number of nitrogens with one attached hydrogen (secondary N) is 2. The van der Waals surface area contributed by atoms with E-state index in [4.69, 9.17) is 0 Å². The fourth-order valence-electron chi connectivity index (χ4n) is 3.64. The van der Waals surface area contributed by atoms with Crippen molar-refractivity contribution in [2.24, 2.45) is 11.8 Å². The van der Waals surface area contributed by atoms with E-state index in [1.54, 1.807) is 0 Å². The summed E-state index contributed by atoms with van der Waals surface area (Å²) in [5, 5.41) is 14.8. The number of carbonyl (C=O) groups is 2. The third-order valence-corrected chi connectivity index (χ3v) is 5.19. The molecule has 0 atom stereocenters. The summed E-state index contributed by atoms with van der Waals surface area (Å²) < 4.78 is 0. The van der Waals surface area contributed by atoms with Gasteiger partial charge in [-0.05, 0) is 31.1 Å². The molecule has 2 aliphatic carbocycles. The van der Waals surface area contributed by atoms with Crippen molar-refractivity contribution in [3.63, 3.8) is 0 Å². The molecule has 2 saturated carbocycles. The van der Waals surface area contributed by atoms with Crippen molar-refractivity contribution < 1.29 is 14.7 Å². The molecule has 3 N–H and O–H groups in total. The van der Waals surface area contributed by atoms with E-state index in [0.29, 0.717) is 25.3 Å². The fourth-order valence-corrected chi connectivity index (χ4v) is 3.64. The van der Waals surface area contributed by atoms with Gasteiger partial charge in [0.2, 0.25) is 0 Å². The van der Waals surface area contributed by atoms with Crippen LogP contribution in [-0.4, -0.2) is 29.2 Å². The van der Waals surface area contributed by atoms with Crippen LogP contribution in [0.1, 0.15) is 64.7 Å². The molecule has 2 amide bonds. The first kappa shape index (κ1) is 16.1. The molecule has 0 radical (unpaired) electrons. The highest BCUT2D eigenvalue weighted by Crippen LogP contribution is 2.31. The number of carboxylic acids is 1. The lowest BCUT2D eigenvalue weighted by Crippen LogP contribution is -2.55. The molecule has 0 unspecified atom stereocenters. The Morgan fingerprint density at radius 3 is 2.33 bits per heavy atom. The second-order valence-electron chi connectivity index (χ2n) is 6.89. The Labute approximate surface area is 126 Å².